The molecule has 5 nitrogen and oxygen atoms in total. The summed E-state index contributed by atoms with van der Waals surface area (Å²) < 4.78 is 13.0. The van der Waals surface area contributed by atoms with E-state index in [4.69, 9.17) is 0 Å². The minimum absolute atomic E-state index is 0.0648. The number of carbonyl (C=O) groups excluding carboxylic acids is 1. The molecule has 0 spiro atoms. The lowest BCUT2D eigenvalue weighted by Crippen LogP contribution is -2.58. The van der Waals surface area contributed by atoms with E-state index in [-0.39, 0.29) is 23.8 Å². The first kappa shape index (κ1) is 17.5. The zero-order chi connectivity index (χ0) is 17.8. The SMILES string of the molecule is CC1CN(C(=O)c2cnccn2)CC(C)N1CCc1ccc(F)cc1. The van der Waals surface area contributed by atoms with Gasteiger partial charge in [-0.25, -0.2) is 9.37 Å². The molecule has 2 heterocycles. The fourth-order valence-electron chi connectivity index (χ4n) is 3.44. The molecule has 1 aromatic carbocycles. The van der Waals surface area contributed by atoms with E-state index >= 15 is 0 Å². The molecule has 25 heavy (non-hydrogen) atoms. The Morgan fingerprint density at radius 1 is 1.16 bits per heavy atom. The highest BCUT2D eigenvalue weighted by atomic mass is 19.1. The molecule has 0 bridgehead atoms. The van der Waals surface area contributed by atoms with Gasteiger partial charge in [0.05, 0.1) is 6.20 Å². The molecule has 1 aromatic heterocycles. The smallest absolute Gasteiger partial charge is 0.274 e. The van der Waals surface area contributed by atoms with Gasteiger partial charge in [-0.05, 0) is 38.0 Å². The third-order valence-electron chi connectivity index (χ3n) is 4.74. The molecule has 1 fully saturated rings. The highest BCUT2D eigenvalue weighted by molar-refractivity contribution is 5.92. The summed E-state index contributed by atoms with van der Waals surface area (Å²) in [6, 6.07) is 7.17. The van der Waals surface area contributed by atoms with Crippen molar-refractivity contribution < 1.29 is 9.18 Å². The number of nitrogens with zero attached hydrogens (tertiary/aromatic N) is 4. The highest BCUT2D eigenvalue weighted by Gasteiger charge is 2.32. The number of hydrogen-bond donors (Lipinski definition) is 0. The van der Waals surface area contributed by atoms with E-state index in [1.165, 1.54) is 18.3 Å². The van der Waals surface area contributed by atoms with Crippen molar-refractivity contribution in [2.45, 2.75) is 32.4 Å². The van der Waals surface area contributed by atoms with Gasteiger partial charge < -0.3 is 4.90 Å². The molecule has 0 N–H and O–H groups in total. The molecule has 2 atom stereocenters. The number of hydrogen-bond acceptors (Lipinski definition) is 4. The Morgan fingerprint density at radius 2 is 1.84 bits per heavy atom. The van der Waals surface area contributed by atoms with Gasteiger partial charge in [0.1, 0.15) is 11.5 Å². The lowest BCUT2D eigenvalue weighted by atomic mass is 10.1. The Kier molecular flexibility index (Phi) is 5.38. The Balaban J connectivity index is 1.60. The molecule has 6 heteroatoms. The monoisotopic (exact) mass is 342 g/mol. The fourth-order valence-corrected chi connectivity index (χ4v) is 3.44. The van der Waals surface area contributed by atoms with E-state index in [9.17, 15) is 9.18 Å². The summed E-state index contributed by atoms with van der Waals surface area (Å²) in [5.41, 5.74) is 1.51. The zero-order valence-corrected chi connectivity index (χ0v) is 14.6. The average Bonchev–Trinajstić information content (AvgIpc) is 2.62. The second-order valence-corrected chi connectivity index (χ2v) is 6.61. The van der Waals surface area contributed by atoms with Crippen LogP contribution in [0.5, 0.6) is 0 Å². The van der Waals surface area contributed by atoms with Gasteiger partial charge in [0.2, 0.25) is 0 Å². The predicted octanol–water partition coefficient (Wildman–Crippen LogP) is 2.39. The Morgan fingerprint density at radius 3 is 2.44 bits per heavy atom. The number of piperazine rings is 1. The Hall–Kier alpha value is -2.34. The lowest BCUT2D eigenvalue weighted by Gasteiger charge is -2.44. The van der Waals surface area contributed by atoms with Crippen molar-refractivity contribution in [3.63, 3.8) is 0 Å². The number of rotatable bonds is 4. The minimum atomic E-state index is -0.207. The normalized spacial score (nSPS) is 21.3. The van der Waals surface area contributed by atoms with Crippen LogP contribution in [0.4, 0.5) is 4.39 Å². The van der Waals surface area contributed by atoms with Crippen molar-refractivity contribution in [2.75, 3.05) is 19.6 Å². The summed E-state index contributed by atoms with van der Waals surface area (Å²) in [6.45, 7) is 6.50. The topological polar surface area (TPSA) is 49.3 Å². The van der Waals surface area contributed by atoms with Crippen molar-refractivity contribution >= 4 is 5.91 Å². The van der Waals surface area contributed by atoms with Crippen molar-refractivity contribution in [1.29, 1.82) is 0 Å². The quantitative estimate of drug-likeness (QED) is 0.856. The number of carbonyl (C=O) groups is 1. The molecule has 1 aliphatic rings. The van der Waals surface area contributed by atoms with Crippen LogP contribution in [0.1, 0.15) is 29.9 Å². The van der Waals surface area contributed by atoms with Gasteiger partial charge in [-0.15, -0.1) is 0 Å². The first-order chi connectivity index (χ1) is 12.0. The van der Waals surface area contributed by atoms with E-state index in [1.807, 2.05) is 17.0 Å². The summed E-state index contributed by atoms with van der Waals surface area (Å²) in [5, 5.41) is 0. The van der Waals surface area contributed by atoms with E-state index in [0.717, 1.165) is 18.5 Å². The summed E-state index contributed by atoms with van der Waals surface area (Å²) >= 11 is 0. The largest absolute Gasteiger partial charge is 0.334 e. The molecule has 1 amide bonds. The standard InChI is InChI=1S/C19H23FN4O/c1-14-12-23(19(25)18-11-21-8-9-22-18)13-15(2)24(14)10-7-16-3-5-17(20)6-4-16/h3-6,8-9,11,14-15H,7,10,12-13H2,1-2H3. The molecule has 1 saturated heterocycles. The molecular weight excluding hydrogens is 319 g/mol. The van der Waals surface area contributed by atoms with E-state index in [2.05, 4.69) is 28.7 Å². The molecule has 0 radical (unpaired) electrons. The van der Waals surface area contributed by atoms with Crippen molar-refractivity contribution in [3.05, 3.63) is 59.9 Å². The van der Waals surface area contributed by atoms with E-state index in [1.54, 1.807) is 12.4 Å². The third-order valence-corrected chi connectivity index (χ3v) is 4.74. The van der Waals surface area contributed by atoms with E-state index in [0.29, 0.717) is 18.8 Å². The first-order valence-corrected chi connectivity index (χ1v) is 8.60. The van der Waals surface area contributed by atoms with Crippen LogP contribution in [0, 0.1) is 5.82 Å². The number of halogens is 1. The average molecular weight is 342 g/mol. The van der Waals surface area contributed by atoms with Crippen LogP contribution in [0.3, 0.4) is 0 Å². The maximum absolute atomic E-state index is 13.0. The van der Waals surface area contributed by atoms with Gasteiger partial charge in [-0.1, -0.05) is 12.1 Å². The molecule has 0 saturated carbocycles. The first-order valence-electron chi connectivity index (χ1n) is 8.60. The zero-order valence-electron chi connectivity index (χ0n) is 14.6. The number of benzene rings is 1. The molecule has 1 aliphatic heterocycles. The van der Waals surface area contributed by atoms with Gasteiger partial charge >= 0.3 is 0 Å². The molecule has 2 aromatic rings. The Labute approximate surface area is 147 Å². The van der Waals surface area contributed by atoms with Crippen LogP contribution in [0.2, 0.25) is 0 Å². The summed E-state index contributed by atoms with van der Waals surface area (Å²) in [7, 11) is 0. The molecule has 2 unspecified atom stereocenters. The van der Waals surface area contributed by atoms with Crippen LogP contribution in [-0.2, 0) is 6.42 Å². The van der Waals surface area contributed by atoms with Gasteiger partial charge in [-0.2, -0.15) is 0 Å². The second kappa shape index (κ2) is 7.70. The third kappa shape index (κ3) is 4.20. The lowest BCUT2D eigenvalue weighted by molar-refractivity contribution is 0.0307. The molecule has 3 rings (SSSR count). The maximum Gasteiger partial charge on any atom is 0.274 e. The van der Waals surface area contributed by atoms with Crippen molar-refractivity contribution in [2.24, 2.45) is 0 Å². The van der Waals surface area contributed by atoms with Crippen molar-refractivity contribution in [1.82, 2.24) is 19.8 Å². The van der Waals surface area contributed by atoms with E-state index < -0.39 is 0 Å². The fraction of sp³-hybridized carbons (Fsp3) is 0.421. The van der Waals surface area contributed by atoms with Crippen LogP contribution >= 0.6 is 0 Å². The predicted molar refractivity (Wildman–Crippen MR) is 93.7 cm³/mol. The van der Waals surface area contributed by atoms with Crippen molar-refractivity contribution in [3.8, 4) is 0 Å². The summed E-state index contributed by atoms with van der Waals surface area (Å²) in [4.78, 5) is 24.9. The second-order valence-electron chi connectivity index (χ2n) is 6.61. The molecule has 0 aliphatic carbocycles. The van der Waals surface area contributed by atoms with Gasteiger partial charge in [0.15, 0.2) is 0 Å². The van der Waals surface area contributed by atoms with Crippen LogP contribution in [-0.4, -0.2) is 57.4 Å². The Bertz CT molecular complexity index is 695. The van der Waals surface area contributed by atoms with Crippen LogP contribution in [0.15, 0.2) is 42.9 Å². The maximum atomic E-state index is 13.0. The number of amides is 1. The van der Waals surface area contributed by atoms with Crippen LogP contribution < -0.4 is 0 Å². The molecule has 132 valence electrons. The van der Waals surface area contributed by atoms with Gasteiger partial charge in [0, 0.05) is 44.1 Å². The van der Waals surface area contributed by atoms with Gasteiger partial charge in [-0.3, -0.25) is 14.7 Å². The highest BCUT2D eigenvalue weighted by Crippen LogP contribution is 2.18. The number of aromatic nitrogens is 2. The van der Waals surface area contributed by atoms with Gasteiger partial charge in [0.25, 0.3) is 5.91 Å². The summed E-state index contributed by atoms with van der Waals surface area (Å²) in [5.74, 6) is -0.272. The molecular formula is C19H23FN4O. The summed E-state index contributed by atoms with van der Waals surface area (Å²) in [6.07, 6.45) is 5.49. The van der Waals surface area contributed by atoms with Crippen LogP contribution in [0.25, 0.3) is 0 Å². The minimum Gasteiger partial charge on any atom is -0.334 e.